The fourth-order valence-electron chi connectivity index (χ4n) is 6.87. The molecule has 0 aliphatic carbocycles. The van der Waals surface area contributed by atoms with E-state index in [0.29, 0.717) is 63.8 Å². The summed E-state index contributed by atoms with van der Waals surface area (Å²) in [7, 11) is 1.84. The number of aryl methyl sites for hydroxylation is 1. The van der Waals surface area contributed by atoms with E-state index in [-0.39, 0.29) is 30.0 Å². The third-order valence-electron chi connectivity index (χ3n) is 9.44. The highest BCUT2D eigenvalue weighted by Gasteiger charge is 2.53. The second-order valence-corrected chi connectivity index (χ2v) is 12.4. The van der Waals surface area contributed by atoms with Gasteiger partial charge in [0.05, 0.1) is 11.6 Å². The van der Waals surface area contributed by atoms with E-state index in [9.17, 15) is 19.2 Å². The van der Waals surface area contributed by atoms with Crippen molar-refractivity contribution in [3.63, 3.8) is 0 Å². The van der Waals surface area contributed by atoms with Gasteiger partial charge in [-0.2, -0.15) is 0 Å². The average molecular weight is 631 g/mol. The summed E-state index contributed by atoms with van der Waals surface area (Å²) < 4.78 is 7.01. The van der Waals surface area contributed by atoms with Crippen LogP contribution in [-0.4, -0.2) is 75.2 Å². The van der Waals surface area contributed by atoms with Crippen LogP contribution in [0.4, 0.5) is 4.79 Å². The van der Waals surface area contributed by atoms with E-state index in [4.69, 9.17) is 4.74 Å². The summed E-state index contributed by atoms with van der Waals surface area (Å²) in [6, 6.07) is 18.6. The minimum absolute atomic E-state index is 0.0416. The van der Waals surface area contributed by atoms with E-state index in [2.05, 4.69) is 20.6 Å². The number of carbonyl (C=O) groups excluding carboxylic acids is 3. The Balaban J connectivity index is 1.19. The van der Waals surface area contributed by atoms with Crippen molar-refractivity contribution in [1.29, 1.82) is 0 Å². The Morgan fingerprint density at radius 2 is 1.70 bits per heavy atom. The largest absolute Gasteiger partial charge is 0.445 e. The number of H-pyrrole nitrogens is 1. The average Bonchev–Trinajstić information content (AvgIpc) is 3.32. The Labute approximate surface area is 270 Å². The maximum Gasteiger partial charge on any atom is 0.407 e. The molecule has 0 saturated carbocycles. The lowest BCUT2D eigenvalue weighted by Crippen LogP contribution is -2.73. The fraction of sp³-hybridized carbons (Fsp3) is 0.486. The highest BCUT2D eigenvalue weighted by atomic mass is 16.5. The topological polar surface area (TPSA) is 129 Å². The first kappa shape index (κ1) is 33.0. The summed E-state index contributed by atoms with van der Waals surface area (Å²) in [4.78, 5) is 56.9. The number of benzene rings is 2. The highest BCUT2D eigenvalue weighted by Crippen LogP contribution is 2.38. The molecular weight excluding hydrogens is 584 g/mol. The lowest BCUT2D eigenvalue weighted by Gasteiger charge is -2.52. The minimum atomic E-state index is -0.913. The molecule has 2 fully saturated rings. The number of piperazine rings is 1. The quantitative estimate of drug-likeness (QED) is 0.262. The minimum Gasteiger partial charge on any atom is -0.445 e. The molecule has 3 amide bonds. The van der Waals surface area contributed by atoms with Crippen LogP contribution in [0.3, 0.4) is 0 Å². The Morgan fingerprint density at radius 3 is 2.33 bits per heavy atom. The molecule has 5 rings (SSSR count). The summed E-state index contributed by atoms with van der Waals surface area (Å²) in [6.45, 7) is 6.23. The molecule has 3 N–H and O–H groups in total. The van der Waals surface area contributed by atoms with Crippen molar-refractivity contribution in [3.05, 3.63) is 93.4 Å². The van der Waals surface area contributed by atoms with Crippen LogP contribution in [0.25, 0.3) is 0 Å². The number of hydrogen-bond donors (Lipinski definition) is 3. The Bertz CT molecular complexity index is 1540. The van der Waals surface area contributed by atoms with Crippen LogP contribution in [0, 0.1) is 6.92 Å². The van der Waals surface area contributed by atoms with E-state index in [1.807, 2.05) is 86.5 Å². The van der Waals surface area contributed by atoms with Gasteiger partial charge < -0.3 is 20.3 Å². The number of piperidine rings is 1. The van der Waals surface area contributed by atoms with Crippen molar-refractivity contribution in [1.82, 2.24) is 30.2 Å². The van der Waals surface area contributed by atoms with Crippen LogP contribution in [-0.2, 0) is 28.0 Å². The first-order valence-corrected chi connectivity index (χ1v) is 16.4. The second kappa shape index (κ2) is 14.8. The number of aromatic nitrogens is 2. The monoisotopic (exact) mass is 630 g/mol. The maximum atomic E-state index is 13.9. The number of rotatable bonds is 12. The van der Waals surface area contributed by atoms with Gasteiger partial charge in [0.15, 0.2) is 0 Å². The highest BCUT2D eigenvalue weighted by molar-refractivity contribution is 6.00. The number of hydrogen-bond acceptors (Lipinski definition) is 6. The lowest BCUT2D eigenvalue weighted by molar-refractivity contribution is -0.161. The van der Waals surface area contributed by atoms with Crippen LogP contribution in [0.2, 0.25) is 0 Å². The summed E-state index contributed by atoms with van der Waals surface area (Å²) in [5.74, 6) is -0.141. The molecule has 2 saturated heterocycles. The zero-order valence-electron chi connectivity index (χ0n) is 27.1. The van der Waals surface area contributed by atoms with Gasteiger partial charge in [0.2, 0.25) is 11.8 Å². The third-order valence-corrected chi connectivity index (χ3v) is 9.44. The molecule has 1 spiro atoms. The maximum absolute atomic E-state index is 13.9. The number of nitrogens with zero attached hydrogens (tertiary/aromatic N) is 3. The summed E-state index contributed by atoms with van der Waals surface area (Å²) in [5.41, 5.74) is 2.49. The molecule has 3 heterocycles. The second-order valence-electron chi connectivity index (χ2n) is 12.4. The summed E-state index contributed by atoms with van der Waals surface area (Å²) in [5, 5.41) is 8.72. The molecule has 3 aromatic rings. The third kappa shape index (κ3) is 7.04. The van der Waals surface area contributed by atoms with Crippen molar-refractivity contribution in [2.24, 2.45) is 7.05 Å². The molecule has 246 valence electrons. The van der Waals surface area contributed by atoms with E-state index in [1.165, 1.54) is 0 Å². The van der Waals surface area contributed by atoms with Crippen molar-refractivity contribution in [2.45, 2.75) is 76.6 Å². The molecule has 2 aromatic carbocycles. The van der Waals surface area contributed by atoms with Gasteiger partial charge >= 0.3 is 6.09 Å². The van der Waals surface area contributed by atoms with Crippen molar-refractivity contribution < 1.29 is 19.1 Å². The molecule has 2 atom stereocenters. The number of unbranched alkanes of at least 4 members (excludes halogenated alkanes) is 1. The first-order valence-electron chi connectivity index (χ1n) is 16.4. The number of likely N-dealkylation sites (tertiary alicyclic amines) is 1. The summed E-state index contributed by atoms with van der Waals surface area (Å²) in [6.07, 6.45) is 3.07. The van der Waals surface area contributed by atoms with Crippen LogP contribution in [0.1, 0.15) is 73.9 Å². The number of aromatic amines is 1. The van der Waals surface area contributed by atoms with Crippen LogP contribution >= 0.6 is 0 Å². The molecule has 46 heavy (non-hydrogen) atoms. The molecule has 11 heteroatoms. The van der Waals surface area contributed by atoms with E-state index >= 15 is 0 Å². The van der Waals surface area contributed by atoms with Crippen LogP contribution in [0.5, 0.6) is 0 Å². The van der Waals surface area contributed by atoms with Crippen molar-refractivity contribution >= 4 is 17.9 Å². The first-order chi connectivity index (χ1) is 22.2. The van der Waals surface area contributed by atoms with E-state index in [0.717, 1.165) is 23.2 Å². The molecule has 1 aromatic heterocycles. The van der Waals surface area contributed by atoms with Crippen molar-refractivity contribution in [3.8, 4) is 0 Å². The SMILES string of the molecule is CCCN1C(=O)[C@H](CCCCNC(=O)OCc2ccccc2)NC(=O)C12CCN(C(c1ccccc1)c1c(C)n(C)[nH]c1=O)CC2. The van der Waals surface area contributed by atoms with Gasteiger partial charge in [0.1, 0.15) is 18.2 Å². The van der Waals surface area contributed by atoms with Gasteiger partial charge in [-0.15, -0.1) is 0 Å². The fourth-order valence-corrected chi connectivity index (χ4v) is 6.87. The summed E-state index contributed by atoms with van der Waals surface area (Å²) >= 11 is 0. The molecule has 0 radical (unpaired) electrons. The number of alkyl carbamates (subject to hydrolysis) is 1. The van der Waals surface area contributed by atoms with Crippen LogP contribution in [0.15, 0.2) is 65.5 Å². The van der Waals surface area contributed by atoms with Crippen LogP contribution < -0.4 is 16.2 Å². The Morgan fingerprint density at radius 1 is 1.02 bits per heavy atom. The Hall–Kier alpha value is -4.38. The molecule has 1 unspecified atom stereocenters. The van der Waals surface area contributed by atoms with Crippen molar-refractivity contribution in [2.75, 3.05) is 26.2 Å². The zero-order chi connectivity index (χ0) is 32.7. The molecular formula is C35H46N6O5. The number of ether oxygens (including phenoxy) is 1. The van der Waals surface area contributed by atoms with Gasteiger partial charge in [-0.1, -0.05) is 67.6 Å². The van der Waals surface area contributed by atoms with Gasteiger partial charge in [-0.25, -0.2) is 4.79 Å². The van der Waals surface area contributed by atoms with Gasteiger partial charge in [-0.3, -0.25) is 29.1 Å². The molecule has 2 aliphatic rings. The van der Waals surface area contributed by atoms with Gasteiger partial charge in [-0.05, 0) is 56.6 Å². The predicted molar refractivity (Wildman–Crippen MR) is 175 cm³/mol. The predicted octanol–water partition coefficient (Wildman–Crippen LogP) is 3.78. The number of nitrogens with one attached hydrogen (secondary N) is 3. The standard InChI is InChI=1S/C35H46N6O5/c1-4-21-41-32(43)28(17-11-12-20-36-34(45)46-24-26-13-7-5-8-14-26)37-33(44)35(41)18-22-40(23-19-35)30(27-15-9-6-10-16-27)29-25(2)39(3)38-31(29)42/h5-10,13-16,28,30H,4,11-12,17-24H2,1-3H3,(H,36,45)(H,37,44)(H,38,42)/t28-,30?/m0/s1. The zero-order valence-corrected chi connectivity index (χ0v) is 27.1. The number of amides is 3. The van der Waals surface area contributed by atoms with Gasteiger partial charge in [0, 0.05) is 38.9 Å². The van der Waals surface area contributed by atoms with E-state index < -0.39 is 17.7 Å². The normalized spacial score (nSPS) is 18.8. The molecule has 0 bridgehead atoms. The number of carbonyl (C=O) groups is 3. The molecule has 11 nitrogen and oxygen atoms in total. The smallest absolute Gasteiger partial charge is 0.407 e. The lowest BCUT2D eigenvalue weighted by atomic mass is 9.80. The van der Waals surface area contributed by atoms with E-state index in [1.54, 1.807) is 4.68 Å². The molecule has 2 aliphatic heterocycles. The van der Waals surface area contributed by atoms with Gasteiger partial charge in [0.25, 0.3) is 5.56 Å². The Kier molecular flexibility index (Phi) is 10.6.